The molecule has 0 aliphatic carbocycles. The first-order valence-corrected chi connectivity index (χ1v) is 8.11. The summed E-state index contributed by atoms with van der Waals surface area (Å²) < 4.78 is 27.0. The van der Waals surface area contributed by atoms with Gasteiger partial charge in [0.1, 0.15) is 4.90 Å². The van der Waals surface area contributed by atoms with Gasteiger partial charge in [-0.25, -0.2) is 13.4 Å². The highest BCUT2D eigenvalue weighted by molar-refractivity contribution is 7.93. The van der Waals surface area contributed by atoms with Crippen LogP contribution in [-0.2, 0) is 10.0 Å². The second-order valence-corrected chi connectivity index (χ2v) is 6.26. The van der Waals surface area contributed by atoms with Gasteiger partial charge < -0.3 is 5.11 Å². The van der Waals surface area contributed by atoms with Crippen LogP contribution in [0.15, 0.2) is 40.7 Å². The highest BCUT2D eigenvalue weighted by Gasteiger charge is 2.18. The molecule has 2 rings (SSSR count). The van der Waals surface area contributed by atoms with Crippen LogP contribution in [0.5, 0.6) is 0 Å². The summed E-state index contributed by atoms with van der Waals surface area (Å²) in [6, 6.07) is 6.46. The van der Waals surface area contributed by atoms with Crippen LogP contribution >= 0.6 is 11.3 Å². The summed E-state index contributed by atoms with van der Waals surface area (Å²) in [4.78, 5) is 3.99. The largest absolute Gasteiger partial charge is 0.395 e. The van der Waals surface area contributed by atoms with Gasteiger partial charge in [0.2, 0.25) is 0 Å². The number of aliphatic hydroxyl groups excluding tert-OH is 1. The minimum Gasteiger partial charge on any atom is -0.395 e. The molecule has 104 valence electrons. The van der Waals surface area contributed by atoms with Crippen molar-refractivity contribution in [2.45, 2.75) is 11.3 Å². The smallest absolute Gasteiger partial charge is 0.264 e. The van der Waals surface area contributed by atoms with E-state index in [0.29, 0.717) is 17.1 Å². The topological polar surface area (TPSA) is 79.3 Å². The summed E-state index contributed by atoms with van der Waals surface area (Å²) in [5, 5.41) is 10.7. The van der Waals surface area contributed by atoms with Crippen molar-refractivity contribution < 1.29 is 13.5 Å². The molecule has 0 amide bonds. The third kappa shape index (κ3) is 3.57. The summed E-state index contributed by atoms with van der Waals surface area (Å²) in [6.45, 7) is -0.0563. The molecule has 1 heterocycles. The molecule has 2 aromatic rings. The predicted octanol–water partition coefficient (Wildman–Crippen LogP) is 1.68. The van der Waals surface area contributed by atoms with E-state index < -0.39 is 10.0 Å². The van der Waals surface area contributed by atoms with Crippen molar-refractivity contribution in [2.24, 2.45) is 0 Å². The van der Waals surface area contributed by atoms with Crippen molar-refractivity contribution in [3.8, 4) is 11.8 Å². The van der Waals surface area contributed by atoms with Crippen LogP contribution < -0.4 is 4.72 Å². The van der Waals surface area contributed by atoms with Gasteiger partial charge in [-0.15, -0.1) is 11.3 Å². The second-order valence-electron chi connectivity index (χ2n) is 3.71. The zero-order valence-electron chi connectivity index (χ0n) is 10.4. The van der Waals surface area contributed by atoms with E-state index >= 15 is 0 Å². The van der Waals surface area contributed by atoms with E-state index in [1.807, 2.05) is 0 Å². The normalized spacial score (nSPS) is 10.7. The highest BCUT2D eigenvalue weighted by atomic mass is 32.2. The van der Waals surface area contributed by atoms with E-state index in [1.54, 1.807) is 23.6 Å². The third-order valence-corrected chi connectivity index (χ3v) is 4.51. The fourth-order valence-electron chi connectivity index (χ4n) is 1.46. The maximum atomic E-state index is 12.3. The molecule has 1 aromatic heterocycles. The number of rotatable bonds is 4. The molecule has 0 saturated carbocycles. The van der Waals surface area contributed by atoms with Gasteiger partial charge in [-0.1, -0.05) is 24.0 Å². The van der Waals surface area contributed by atoms with Crippen molar-refractivity contribution in [3.05, 3.63) is 41.4 Å². The number of aliphatic hydroxyl groups is 1. The first-order valence-electron chi connectivity index (χ1n) is 5.74. The fourth-order valence-corrected chi connectivity index (χ4v) is 3.41. The molecule has 2 N–H and O–H groups in total. The molecule has 0 radical (unpaired) electrons. The van der Waals surface area contributed by atoms with E-state index in [2.05, 4.69) is 21.5 Å². The maximum absolute atomic E-state index is 12.3. The van der Waals surface area contributed by atoms with Gasteiger partial charge >= 0.3 is 0 Å². The average molecular weight is 308 g/mol. The number of nitrogens with zero attached hydrogens (tertiary/aromatic N) is 1. The van der Waals surface area contributed by atoms with Crippen LogP contribution in [0.2, 0.25) is 0 Å². The molecule has 5 nitrogen and oxygen atoms in total. The van der Waals surface area contributed by atoms with Gasteiger partial charge in [-0.05, 0) is 12.1 Å². The van der Waals surface area contributed by atoms with Crippen molar-refractivity contribution in [3.63, 3.8) is 0 Å². The molecule has 0 aliphatic heterocycles. The Morgan fingerprint density at radius 1 is 1.35 bits per heavy atom. The quantitative estimate of drug-likeness (QED) is 0.842. The van der Waals surface area contributed by atoms with Crippen molar-refractivity contribution >= 4 is 26.5 Å². The SMILES string of the molecule is O=S(=O)(Nc1nccs1)c1ccccc1C#CCCO. The Kier molecular flexibility index (Phi) is 4.74. The summed E-state index contributed by atoms with van der Waals surface area (Å²) in [5.41, 5.74) is 0.394. The Labute approximate surface area is 121 Å². The number of hydrogen-bond acceptors (Lipinski definition) is 5. The monoisotopic (exact) mass is 308 g/mol. The zero-order valence-corrected chi connectivity index (χ0v) is 12.0. The van der Waals surface area contributed by atoms with Crippen molar-refractivity contribution in [2.75, 3.05) is 11.3 Å². The number of anilines is 1. The Balaban J connectivity index is 2.35. The Morgan fingerprint density at radius 2 is 2.15 bits per heavy atom. The molecule has 0 unspecified atom stereocenters. The number of sulfonamides is 1. The molecule has 0 bridgehead atoms. The van der Waals surface area contributed by atoms with E-state index in [0.717, 1.165) is 0 Å². The van der Waals surface area contributed by atoms with Gasteiger partial charge in [-0.2, -0.15) is 0 Å². The van der Waals surface area contributed by atoms with Crippen molar-refractivity contribution in [1.29, 1.82) is 0 Å². The van der Waals surface area contributed by atoms with Crippen LogP contribution in [0.3, 0.4) is 0 Å². The van der Waals surface area contributed by atoms with Gasteiger partial charge in [0.25, 0.3) is 10.0 Å². The van der Waals surface area contributed by atoms with E-state index in [9.17, 15) is 8.42 Å². The van der Waals surface area contributed by atoms with Crippen LogP contribution in [-0.4, -0.2) is 25.1 Å². The zero-order chi connectivity index (χ0) is 14.4. The molecule has 0 saturated heterocycles. The Hall–Kier alpha value is -1.88. The first-order chi connectivity index (χ1) is 9.63. The molecular formula is C13H12N2O3S2. The lowest BCUT2D eigenvalue weighted by Gasteiger charge is -2.07. The molecule has 0 aliphatic rings. The fraction of sp³-hybridized carbons (Fsp3) is 0.154. The maximum Gasteiger partial charge on any atom is 0.264 e. The van der Waals surface area contributed by atoms with Gasteiger partial charge in [0, 0.05) is 23.6 Å². The standard InChI is InChI=1S/C13H12N2O3S2/c16-9-4-3-6-11-5-1-2-7-12(11)20(17,18)15-13-14-8-10-19-13/h1-2,5,7-8,10,16H,4,9H2,(H,14,15). The van der Waals surface area contributed by atoms with Gasteiger partial charge in [0.05, 0.1) is 6.61 Å². The summed E-state index contributed by atoms with van der Waals surface area (Å²) in [6.07, 6.45) is 1.82. The van der Waals surface area contributed by atoms with Crippen LogP contribution in [0.1, 0.15) is 12.0 Å². The Morgan fingerprint density at radius 3 is 2.85 bits per heavy atom. The molecule has 7 heteroatoms. The minimum absolute atomic E-state index is 0.0563. The van der Waals surface area contributed by atoms with Gasteiger partial charge in [-0.3, -0.25) is 4.72 Å². The van der Waals surface area contributed by atoms with E-state index in [-0.39, 0.29) is 11.5 Å². The second kappa shape index (κ2) is 6.52. The third-order valence-electron chi connectivity index (χ3n) is 2.29. The van der Waals surface area contributed by atoms with Gasteiger partial charge in [0.15, 0.2) is 5.13 Å². The lowest BCUT2D eigenvalue weighted by molar-refractivity contribution is 0.305. The minimum atomic E-state index is -3.72. The highest BCUT2D eigenvalue weighted by Crippen LogP contribution is 2.20. The first kappa shape index (κ1) is 14.5. The lowest BCUT2D eigenvalue weighted by atomic mass is 10.2. The molecule has 0 fully saturated rings. The number of aromatic nitrogens is 1. The van der Waals surface area contributed by atoms with Crippen LogP contribution in [0.4, 0.5) is 5.13 Å². The number of benzene rings is 1. The summed E-state index contributed by atoms with van der Waals surface area (Å²) in [5.74, 6) is 5.47. The molecule has 0 spiro atoms. The number of thiazole rings is 1. The molecule has 1 aromatic carbocycles. The Bertz CT molecular complexity index is 728. The van der Waals surface area contributed by atoms with E-state index in [1.165, 1.54) is 23.6 Å². The van der Waals surface area contributed by atoms with Crippen LogP contribution in [0, 0.1) is 11.8 Å². The molecule has 20 heavy (non-hydrogen) atoms. The number of hydrogen-bond donors (Lipinski definition) is 2. The summed E-state index contributed by atoms with van der Waals surface area (Å²) >= 11 is 1.20. The van der Waals surface area contributed by atoms with Crippen LogP contribution in [0.25, 0.3) is 0 Å². The number of nitrogens with one attached hydrogen (secondary N) is 1. The predicted molar refractivity (Wildman–Crippen MR) is 77.9 cm³/mol. The van der Waals surface area contributed by atoms with E-state index in [4.69, 9.17) is 5.11 Å². The summed E-state index contributed by atoms with van der Waals surface area (Å²) in [7, 11) is -3.72. The molecule has 0 atom stereocenters. The average Bonchev–Trinajstić information content (AvgIpc) is 2.91. The van der Waals surface area contributed by atoms with Crippen molar-refractivity contribution in [1.82, 2.24) is 4.98 Å². The molecular weight excluding hydrogens is 296 g/mol. The lowest BCUT2D eigenvalue weighted by Crippen LogP contribution is -2.14.